The van der Waals surface area contributed by atoms with Crippen LogP contribution in [0.4, 0.5) is 0 Å². The third kappa shape index (κ3) is 3.72. The summed E-state index contributed by atoms with van der Waals surface area (Å²) in [7, 11) is 1.81. The Morgan fingerprint density at radius 2 is 2.19 bits per heavy atom. The molecule has 0 aliphatic carbocycles. The van der Waals surface area contributed by atoms with Crippen LogP contribution in [0.3, 0.4) is 0 Å². The van der Waals surface area contributed by atoms with Crippen LogP contribution in [0, 0.1) is 0 Å². The van der Waals surface area contributed by atoms with Crippen molar-refractivity contribution < 1.29 is 4.74 Å². The lowest BCUT2D eigenvalue weighted by Crippen LogP contribution is -2.61. The van der Waals surface area contributed by atoms with Crippen LogP contribution in [0.5, 0.6) is 0 Å². The maximum Gasteiger partial charge on any atom is 0.0618 e. The van der Waals surface area contributed by atoms with Crippen LogP contribution in [0.25, 0.3) is 0 Å². The van der Waals surface area contributed by atoms with E-state index in [4.69, 9.17) is 4.74 Å². The monoisotopic (exact) mass is 228 g/mol. The first-order valence-corrected chi connectivity index (χ1v) is 6.63. The second-order valence-corrected chi connectivity index (χ2v) is 5.21. The number of nitrogens with one attached hydrogen (secondary N) is 1. The maximum atomic E-state index is 5.35. The van der Waals surface area contributed by atoms with E-state index in [0.29, 0.717) is 6.04 Å². The highest BCUT2D eigenvalue weighted by molar-refractivity contribution is 4.91. The van der Waals surface area contributed by atoms with Gasteiger partial charge in [0.15, 0.2) is 0 Å². The molecule has 2 unspecified atom stereocenters. The Morgan fingerprint density at radius 1 is 1.44 bits per heavy atom. The normalized spacial score (nSPS) is 29.2. The topological polar surface area (TPSA) is 24.5 Å². The van der Waals surface area contributed by atoms with Gasteiger partial charge in [-0.2, -0.15) is 0 Å². The van der Waals surface area contributed by atoms with Gasteiger partial charge in [0.05, 0.1) is 6.61 Å². The molecule has 1 heterocycles. The molecule has 0 saturated carbocycles. The summed E-state index contributed by atoms with van der Waals surface area (Å²) in [4.78, 5) is 2.60. The molecule has 96 valence electrons. The van der Waals surface area contributed by atoms with E-state index in [0.717, 1.165) is 26.2 Å². The van der Waals surface area contributed by atoms with E-state index < -0.39 is 0 Å². The van der Waals surface area contributed by atoms with Crippen molar-refractivity contribution in [1.29, 1.82) is 0 Å². The molecule has 1 aliphatic heterocycles. The molecule has 1 N–H and O–H groups in total. The molecule has 3 nitrogen and oxygen atoms in total. The quantitative estimate of drug-likeness (QED) is 0.751. The molecule has 1 rings (SSSR count). The van der Waals surface area contributed by atoms with Crippen molar-refractivity contribution in [3.05, 3.63) is 0 Å². The molecule has 0 aromatic carbocycles. The van der Waals surface area contributed by atoms with E-state index in [1.165, 1.54) is 19.3 Å². The van der Waals surface area contributed by atoms with E-state index >= 15 is 0 Å². The smallest absolute Gasteiger partial charge is 0.0618 e. The lowest BCUT2D eigenvalue weighted by molar-refractivity contribution is 0.0437. The molecule has 1 fully saturated rings. The van der Waals surface area contributed by atoms with E-state index in [1.54, 1.807) is 0 Å². The zero-order valence-electron chi connectivity index (χ0n) is 11.4. The fourth-order valence-electron chi connectivity index (χ4n) is 2.53. The first kappa shape index (κ1) is 13.9. The Bertz CT molecular complexity index is 192. The van der Waals surface area contributed by atoms with Gasteiger partial charge >= 0.3 is 0 Å². The second-order valence-electron chi connectivity index (χ2n) is 5.21. The molecule has 1 aliphatic rings. The minimum atomic E-state index is 0.290. The van der Waals surface area contributed by atoms with E-state index in [9.17, 15) is 0 Å². The molecular weight excluding hydrogens is 200 g/mol. The van der Waals surface area contributed by atoms with Crippen LogP contribution < -0.4 is 5.32 Å². The summed E-state index contributed by atoms with van der Waals surface area (Å²) in [5.74, 6) is 0. The van der Waals surface area contributed by atoms with Gasteiger partial charge in [-0.25, -0.2) is 0 Å². The van der Waals surface area contributed by atoms with Gasteiger partial charge in [-0.15, -0.1) is 0 Å². The fourth-order valence-corrected chi connectivity index (χ4v) is 2.53. The van der Waals surface area contributed by atoms with Crippen LogP contribution in [0.1, 0.15) is 40.0 Å². The third-order valence-electron chi connectivity index (χ3n) is 3.78. The minimum absolute atomic E-state index is 0.290. The summed E-state index contributed by atoms with van der Waals surface area (Å²) in [5, 5.41) is 3.63. The van der Waals surface area contributed by atoms with Gasteiger partial charge in [0, 0.05) is 38.3 Å². The first-order valence-electron chi connectivity index (χ1n) is 6.63. The average Bonchev–Trinajstić information content (AvgIpc) is 2.29. The van der Waals surface area contributed by atoms with Gasteiger partial charge in [-0.3, -0.25) is 4.90 Å². The van der Waals surface area contributed by atoms with Crippen LogP contribution in [0.15, 0.2) is 0 Å². The summed E-state index contributed by atoms with van der Waals surface area (Å²) in [6.45, 7) is 11.1. The van der Waals surface area contributed by atoms with Crippen molar-refractivity contribution in [2.45, 2.75) is 51.6 Å². The Labute approximate surface area is 101 Å². The number of ether oxygens (including phenoxy) is 1. The van der Waals surface area contributed by atoms with Crippen molar-refractivity contribution in [1.82, 2.24) is 10.2 Å². The van der Waals surface area contributed by atoms with Gasteiger partial charge in [0.25, 0.3) is 0 Å². The van der Waals surface area contributed by atoms with Crippen molar-refractivity contribution in [3.63, 3.8) is 0 Å². The maximum absolute atomic E-state index is 5.35. The summed E-state index contributed by atoms with van der Waals surface area (Å²) < 4.78 is 5.35. The zero-order chi connectivity index (χ0) is 12.0. The van der Waals surface area contributed by atoms with Gasteiger partial charge in [-0.05, 0) is 19.8 Å². The molecule has 0 spiro atoms. The van der Waals surface area contributed by atoms with Crippen molar-refractivity contribution in [2.75, 3.05) is 33.4 Å². The summed E-state index contributed by atoms with van der Waals surface area (Å²) in [5.41, 5.74) is 0.290. The van der Waals surface area contributed by atoms with Gasteiger partial charge in [-0.1, -0.05) is 20.3 Å². The summed E-state index contributed by atoms with van der Waals surface area (Å²) in [6, 6.07) is 0.600. The van der Waals surface area contributed by atoms with Crippen molar-refractivity contribution in [3.8, 4) is 0 Å². The highest BCUT2D eigenvalue weighted by atomic mass is 16.5. The lowest BCUT2D eigenvalue weighted by atomic mass is 9.94. The lowest BCUT2D eigenvalue weighted by Gasteiger charge is -2.44. The standard InChI is InChI=1S/C13H28N2O/c1-5-7-12(10-16-4)15-9-8-14-13(3,6-2)11-15/h12,14H,5-11H2,1-4H3. The highest BCUT2D eigenvalue weighted by Crippen LogP contribution is 2.19. The largest absolute Gasteiger partial charge is 0.383 e. The van der Waals surface area contributed by atoms with Gasteiger partial charge in [0.2, 0.25) is 0 Å². The predicted octanol–water partition coefficient (Wildman–Crippen LogP) is 1.88. The zero-order valence-corrected chi connectivity index (χ0v) is 11.4. The Morgan fingerprint density at radius 3 is 2.75 bits per heavy atom. The molecule has 0 aromatic rings. The van der Waals surface area contributed by atoms with Crippen molar-refractivity contribution in [2.24, 2.45) is 0 Å². The van der Waals surface area contributed by atoms with E-state index in [2.05, 4.69) is 31.0 Å². The van der Waals surface area contributed by atoms with Crippen molar-refractivity contribution >= 4 is 0 Å². The molecule has 0 radical (unpaired) electrons. The number of methoxy groups -OCH3 is 1. The van der Waals surface area contributed by atoms with Gasteiger partial charge < -0.3 is 10.1 Å². The van der Waals surface area contributed by atoms with Crippen LogP contribution in [0.2, 0.25) is 0 Å². The minimum Gasteiger partial charge on any atom is -0.383 e. The molecule has 1 saturated heterocycles. The molecule has 16 heavy (non-hydrogen) atoms. The first-order chi connectivity index (χ1) is 7.65. The Kier molecular flexibility index (Phi) is 5.73. The Hall–Kier alpha value is -0.120. The molecule has 0 bridgehead atoms. The number of nitrogens with zero attached hydrogens (tertiary/aromatic N) is 1. The van der Waals surface area contributed by atoms with E-state index in [-0.39, 0.29) is 5.54 Å². The number of rotatable bonds is 6. The van der Waals surface area contributed by atoms with Gasteiger partial charge in [0.1, 0.15) is 0 Å². The van der Waals surface area contributed by atoms with Crippen LogP contribution in [-0.2, 0) is 4.74 Å². The van der Waals surface area contributed by atoms with Crippen LogP contribution >= 0.6 is 0 Å². The van der Waals surface area contributed by atoms with Crippen LogP contribution in [-0.4, -0.2) is 49.8 Å². The summed E-state index contributed by atoms with van der Waals surface area (Å²) >= 11 is 0. The second kappa shape index (κ2) is 6.58. The third-order valence-corrected chi connectivity index (χ3v) is 3.78. The number of piperazine rings is 1. The molecular formula is C13H28N2O. The highest BCUT2D eigenvalue weighted by Gasteiger charge is 2.31. The molecule has 0 amide bonds. The number of hydrogen-bond acceptors (Lipinski definition) is 3. The number of hydrogen-bond donors (Lipinski definition) is 1. The SMILES string of the molecule is CCCC(COC)N1CCNC(C)(CC)C1. The molecule has 0 aromatic heterocycles. The molecule has 2 atom stereocenters. The summed E-state index contributed by atoms with van der Waals surface area (Å²) in [6.07, 6.45) is 3.67. The molecule has 3 heteroatoms. The fraction of sp³-hybridized carbons (Fsp3) is 1.00. The van der Waals surface area contributed by atoms with E-state index in [1.807, 2.05) is 7.11 Å². The predicted molar refractivity (Wildman–Crippen MR) is 68.8 cm³/mol. The average molecular weight is 228 g/mol. The Balaban J connectivity index is 2.55.